The standard InChI is InChI=1S/C20H21N3O4/c1-27-17-7-8-18(19(13-17)23(25)26)21-20(24)14-22-11-9-16(10-12-22)15-5-3-2-4-6-15/h2-9,13H,10-12,14H2,1H3,(H,21,24). The Bertz CT molecular complexity index is 865. The summed E-state index contributed by atoms with van der Waals surface area (Å²) in [7, 11) is 1.44. The van der Waals surface area contributed by atoms with Crippen LogP contribution in [0, 0.1) is 10.1 Å². The summed E-state index contributed by atoms with van der Waals surface area (Å²) < 4.78 is 5.00. The lowest BCUT2D eigenvalue weighted by atomic mass is 10.00. The summed E-state index contributed by atoms with van der Waals surface area (Å²) in [5, 5.41) is 13.8. The third kappa shape index (κ3) is 4.71. The van der Waals surface area contributed by atoms with Crippen molar-refractivity contribution in [2.45, 2.75) is 6.42 Å². The van der Waals surface area contributed by atoms with E-state index in [4.69, 9.17) is 4.74 Å². The maximum atomic E-state index is 12.3. The number of benzene rings is 2. The third-order valence-electron chi connectivity index (χ3n) is 4.48. The summed E-state index contributed by atoms with van der Waals surface area (Å²) in [5.41, 5.74) is 2.46. The molecule has 140 valence electrons. The number of amides is 1. The van der Waals surface area contributed by atoms with E-state index in [1.165, 1.54) is 30.4 Å². The number of ether oxygens (including phenoxy) is 1. The summed E-state index contributed by atoms with van der Waals surface area (Å²) in [6.07, 6.45) is 2.99. The van der Waals surface area contributed by atoms with Crippen LogP contribution in [-0.4, -0.2) is 42.5 Å². The van der Waals surface area contributed by atoms with E-state index in [-0.39, 0.29) is 23.8 Å². The van der Waals surface area contributed by atoms with Gasteiger partial charge in [0.15, 0.2) is 0 Å². The van der Waals surface area contributed by atoms with E-state index in [0.29, 0.717) is 12.3 Å². The zero-order valence-electron chi connectivity index (χ0n) is 15.1. The van der Waals surface area contributed by atoms with Crippen molar-refractivity contribution in [3.8, 4) is 5.75 Å². The van der Waals surface area contributed by atoms with E-state index in [1.807, 2.05) is 23.1 Å². The van der Waals surface area contributed by atoms with Crippen molar-refractivity contribution in [3.05, 3.63) is 70.3 Å². The molecular weight excluding hydrogens is 346 g/mol. The molecule has 0 spiro atoms. The molecule has 0 radical (unpaired) electrons. The molecule has 3 rings (SSSR count). The van der Waals surface area contributed by atoms with Crippen LogP contribution in [0.25, 0.3) is 5.57 Å². The molecule has 2 aromatic rings. The lowest BCUT2D eigenvalue weighted by Gasteiger charge is -2.25. The average molecular weight is 367 g/mol. The van der Waals surface area contributed by atoms with Crippen LogP contribution >= 0.6 is 0 Å². The van der Waals surface area contributed by atoms with Crippen molar-refractivity contribution >= 4 is 22.9 Å². The van der Waals surface area contributed by atoms with Crippen LogP contribution in [0.2, 0.25) is 0 Å². The van der Waals surface area contributed by atoms with E-state index in [0.717, 1.165) is 13.0 Å². The zero-order chi connectivity index (χ0) is 19.2. The highest BCUT2D eigenvalue weighted by molar-refractivity contribution is 5.94. The van der Waals surface area contributed by atoms with Crippen LogP contribution in [0.3, 0.4) is 0 Å². The number of nitro groups is 1. The summed E-state index contributed by atoms with van der Waals surface area (Å²) in [6.45, 7) is 1.61. The fourth-order valence-corrected chi connectivity index (χ4v) is 3.06. The lowest BCUT2D eigenvalue weighted by molar-refractivity contribution is -0.384. The molecule has 0 atom stereocenters. The first-order valence-corrected chi connectivity index (χ1v) is 8.66. The SMILES string of the molecule is COc1ccc(NC(=O)CN2CC=C(c3ccccc3)CC2)c([N+](=O)[O-])c1. The number of hydrogen-bond donors (Lipinski definition) is 1. The van der Waals surface area contributed by atoms with Gasteiger partial charge in [0.25, 0.3) is 5.69 Å². The van der Waals surface area contributed by atoms with Gasteiger partial charge in [0.1, 0.15) is 11.4 Å². The minimum atomic E-state index is -0.534. The van der Waals surface area contributed by atoms with Gasteiger partial charge in [-0.25, -0.2) is 0 Å². The van der Waals surface area contributed by atoms with Crippen LogP contribution in [0.1, 0.15) is 12.0 Å². The summed E-state index contributed by atoms with van der Waals surface area (Å²) in [4.78, 5) is 25.0. The molecule has 1 N–H and O–H groups in total. The van der Waals surface area contributed by atoms with E-state index in [9.17, 15) is 14.9 Å². The molecule has 0 aliphatic carbocycles. The molecule has 1 amide bonds. The Morgan fingerprint density at radius 1 is 1.26 bits per heavy atom. The molecule has 1 aliphatic rings. The number of methoxy groups -OCH3 is 1. The number of hydrogen-bond acceptors (Lipinski definition) is 5. The highest BCUT2D eigenvalue weighted by Gasteiger charge is 2.20. The van der Waals surface area contributed by atoms with Gasteiger partial charge in [-0.3, -0.25) is 19.8 Å². The molecule has 0 saturated carbocycles. The van der Waals surface area contributed by atoms with Crippen molar-refractivity contribution < 1.29 is 14.5 Å². The highest BCUT2D eigenvalue weighted by atomic mass is 16.6. The minimum absolute atomic E-state index is 0.170. The van der Waals surface area contributed by atoms with Crippen LogP contribution in [0.4, 0.5) is 11.4 Å². The molecule has 27 heavy (non-hydrogen) atoms. The van der Waals surface area contributed by atoms with E-state index < -0.39 is 4.92 Å². The molecule has 0 fully saturated rings. The molecule has 0 aromatic heterocycles. The second kappa shape index (κ2) is 8.46. The number of nitrogens with one attached hydrogen (secondary N) is 1. The number of rotatable bonds is 6. The lowest BCUT2D eigenvalue weighted by Crippen LogP contribution is -2.36. The third-order valence-corrected chi connectivity index (χ3v) is 4.48. The summed E-state index contributed by atoms with van der Waals surface area (Å²) in [6, 6.07) is 14.5. The molecule has 0 saturated heterocycles. The van der Waals surface area contributed by atoms with Crippen molar-refractivity contribution in [3.63, 3.8) is 0 Å². The largest absolute Gasteiger partial charge is 0.496 e. The topological polar surface area (TPSA) is 84.7 Å². The Kier molecular flexibility index (Phi) is 5.83. The Morgan fingerprint density at radius 2 is 2.04 bits per heavy atom. The van der Waals surface area contributed by atoms with E-state index >= 15 is 0 Å². The maximum absolute atomic E-state index is 12.3. The molecular formula is C20H21N3O4. The number of nitro benzene ring substituents is 1. The Hall–Kier alpha value is -3.19. The van der Waals surface area contributed by atoms with Crippen molar-refractivity contribution in [1.82, 2.24) is 4.90 Å². The van der Waals surface area contributed by atoms with Gasteiger partial charge in [-0.1, -0.05) is 36.4 Å². The molecule has 7 heteroatoms. The van der Waals surface area contributed by atoms with Gasteiger partial charge in [0.2, 0.25) is 5.91 Å². The molecule has 0 bridgehead atoms. The van der Waals surface area contributed by atoms with Crippen molar-refractivity contribution in [2.24, 2.45) is 0 Å². The Labute approximate surface area is 157 Å². The molecule has 2 aromatic carbocycles. The fourth-order valence-electron chi connectivity index (χ4n) is 3.06. The maximum Gasteiger partial charge on any atom is 0.296 e. The van der Waals surface area contributed by atoms with Gasteiger partial charge in [-0.05, 0) is 29.7 Å². The quantitative estimate of drug-likeness (QED) is 0.625. The van der Waals surface area contributed by atoms with Crippen molar-refractivity contribution in [2.75, 3.05) is 32.1 Å². The second-order valence-electron chi connectivity index (χ2n) is 6.27. The Morgan fingerprint density at radius 3 is 2.67 bits per heavy atom. The second-order valence-corrected chi connectivity index (χ2v) is 6.27. The number of nitrogens with zero attached hydrogens (tertiary/aromatic N) is 2. The first kappa shape index (κ1) is 18.6. The molecule has 1 heterocycles. The predicted octanol–water partition coefficient (Wildman–Crippen LogP) is 3.33. The first-order chi connectivity index (χ1) is 13.1. The summed E-state index contributed by atoms with van der Waals surface area (Å²) in [5.74, 6) is 0.0918. The smallest absolute Gasteiger partial charge is 0.296 e. The van der Waals surface area contributed by atoms with Crippen LogP contribution in [0.5, 0.6) is 5.75 Å². The van der Waals surface area contributed by atoms with Crippen LogP contribution < -0.4 is 10.1 Å². The van der Waals surface area contributed by atoms with E-state index in [1.54, 1.807) is 6.07 Å². The van der Waals surface area contributed by atoms with Gasteiger partial charge < -0.3 is 10.1 Å². The number of anilines is 1. The van der Waals surface area contributed by atoms with E-state index in [2.05, 4.69) is 23.5 Å². The monoisotopic (exact) mass is 367 g/mol. The van der Waals surface area contributed by atoms with Gasteiger partial charge >= 0.3 is 0 Å². The van der Waals surface area contributed by atoms with Gasteiger partial charge in [0, 0.05) is 13.1 Å². The van der Waals surface area contributed by atoms with Gasteiger partial charge in [-0.15, -0.1) is 0 Å². The molecule has 0 unspecified atom stereocenters. The highest BCUT2D eigenvalue weighted by Crippen LogP contribution is 2.29. The average Bonchev–Trinajstić information content (AvgIpc) is 2.69. The fraction of sp³-hybridized carbons (Fsp3) is 0.250. The zero-order valence-corrected chi connectivity index (χ0v) is 15.1. The Balaban J connectivity index is 1.61. The van der Waals surface area contributed by atoms with Gasteiger partial charge in [0.05, 0.1) is 24.6 Å². The van der Waals surface area contributed by atoms with Crippen molar-refractivity contribution in [1.29, 1.82) is 0 Å². The van der Waals surface area contributed by atoms with Gasteiger partial charge in [-0.2, -0.15) is 0 Å². The first-order valence-electron chi connectivity index (χ1n) is 8.66. The predicted molar refractivity (Wildman–Crippen MR) is 104 cm³/mol. The van der Waals surface area contributed by atoms with Crippen LogP contribution in [0.15, 0.2) is 54.6 Å². The normalized spacial score (nSPS) is 14.3. The number of carbonyl (C=O) groups excluding carboxylic acids is 1. The molecule has 1 aliphatic heterocycles. The molecule has 7 nitrogen and oxygen atoms in total. The summed E-state index contributed by atoms with van der Waals surface area (Å²) >= 11 is 0. The number of carbonyl (C=O) groups is 1. The minimum Gasteiger partial charge on any atom is -0.496 e. The van der Waals surface area contributed by atoms with Crippen LogP contribution in [-0.2, 0) is 4.79 Å².